The predicted molar refractivity (Wildman–Crippen MR) is 67.0 cm³/mol. The molecular weight excluding hydrogens is 206 g/mol. The first-order valence-electron chi connectivity index (χ1n) is 6.21. The highest BCUT2D eigenvalue weighted by Crippen LogP contribution is 2.04. The van der Waals surface area contributed by atoms with Crippen molar-refractivity contribution in [2.75, 3.05) is 19.8 Å². The van der Waals surface area contributed by atoms with Crippen molar-refractivity contribution in [3.8, 4) is 0 Å². The summed E-state index contributed by atoms with van der Waals surface area (Å²) >= 11 is 0. The minimum atomic E-state index is -2.06. The second-order valence-electron chi connectivity index (χ2n) is 3.80. The lowest BCUT2D eigenvalue weighted by Crippen LogP contribution is -2.54. The van der Waals surface area contributed by atoms with Gasteiger partial charge in [0.2, 0.25) is 0 Å². The largest absolute Gasteiger partial charge is 0.421 e. The Labute approximate surface area is 95.9 Å². The fourth-order valence-electron chi connectivity index (χ4n) is 1.56. The monoisotopic (exact) mass is 233 g/mol. The molecule has 0 radical (unpaired) electrons. The number of hydrogen-bond acceptors (Lipinski definition) is 3. The van der Waals surface area contributed by atoms with Crippen molar-refractivity contribution in [3.05, 3.63) is 0 Å². The van der Waals surface area contributed by atoms with E-state index in [2.05, 4.69) is 18.5 Å². The Morgan fingerprint density at radius 3 is 2.00 bits per heavy atom. The SMILES string of the molecule is CCCCCCN[Si](C)(OCC)OCC. The first kappa shape index (κ1) is 15.1. The summed E-state index contributed by atoms with van der Waals surface area (Å²) in [7, 11) is -2.06. The average Bonchev–Trinajstić information content (AvgIpc) is 2.18. The molecular formula is C11H27NO2Si. The third-order valence-corrected chi connectivity index (χ3v) is 4.89. The van der Waals surface area contributed by atoms with Crippen molar-refractivity contribution in [1.29, 1.82) is 0 Å². The van der Waals surface area contributed by atoms with Crippen LogP contribution in [0.4, 0.5) is 0 Å². The van der Waals surface area contributed by atoms with Gasteiger partial charge < -0.3 is 8.85 Å². The number of hydrogen-bond donors (Lipinski definition) is 1. The van der Waals surface area contributed by atoms with E-state index in [0.29, 0.717) is 0 Å². The van der Waals surface area contributed by atoms with Gasteiger partial charge in [-0.3, -0.25) is 4.98 Å². The summed E-state index contributed by atoms with van der Waals surface area (Å²) in [6, 6.07) is 0. The van der Waals surface area contributed by atoms with Gasteiger partial charge in [-0.25, -0.2) is 0 Å². The number of nitrogens with one attached hydrogen (secondary N) is 1. The van der Waals surface area contributed by atoms with Crippen molar-refractivity contribution >= 4 is 8.72 Å². The quantitative estimate of drug-likeness (QED) is 0.465. The Kier molecular flexibility index (Phi) is 9.39. The first-order valence-corrected chi connectivity index (χ1v) is 8.53. The van der Waals surface area contributed by atoms with Crippen LogP contribution in [-0.4, -0.2) is 28.5 Å². The lowest BCUT2D eigenvalue weighted by Gasteiger charge is -2.26. The molecule has 0 aromatic heterocycles. The second kappa shape index (κ2) is 9.33. The maximum absolute atomic E-state index is 5.68. The van der Waals surface area contributed by atoms with Gasteiger partial charge in [0.05, 0.1) is 0 Å². The number of rotatable bonds is 10. The van der Waals surface area contributed by atoms with Crippen LogP contribution in [0.1, 0.15) is 46.5 Å². The Hall–Kier alpha value is 0.0969. The average molecular weight is 233 g/mol. The molecule has 15 heavy (non-hydrogen) atoms. The molecule has 0 aliphatic heterocycles. The molecule has 0 spiro atoms. The molecule has 1 N–H and O–H groups in total. The first-order chi connectivity index (χ1) is 7.18. The van der Waals surface area contributed by atoms with Gasteiger partial charge in [0.1, 0.15) is 0 Å². The molecule has 4 heteroatoms. The standard InChI is InChI=1S/C11H27NO2Si/c1-5-8-9-10-11-12-15(4,13-6-2)14-7-3/h12H,5-11H2,1-4H3. The van der Waals surface area contributed by atoms with Gasteiger partial charge in [0, 0.05) is 13.2 Å². The molecule has 0 rings (SSSR count). The topological polar surface area (TPSA) is 30.5 Å². The van der Waals surface area contributed by atoms with Crippen LogP contribution in [0.5, 0.6) is 0 Å². The predicted octanol–water partition coefficient (Wildman–Crippen LogP) is 2.80. The van der Waals surface area contributed by atoms with Crippen molar-refractivity contribution in [3.63, 3.8) is 0 Å². The zero-order chi connectivity index (χ0) is 11.6. The van der Waals surface area contributed by atoms with Gasteiger partial charge in [-0.15, -0.1) is 0 Å². The molecule has 0 fully saturated rings. The maximum Gasteiger partial charge on any atom is 0.421 e. The van der Waals surface area contributed by atoms with E-state index in [9.17, 15) is 0 Å². The lowest BCUT2D eigenvalue weighted by atomic mass is 10.2. The van der Waals surface area contributed by atoms with E-state index in [1.54, 1.807) is 0 Å². The molecule has 0 aromatic rings. The van der Waals surface area contributed by atoms with E-state index < -0.39 is 8.72 Å². The highest BCUT2D eigenvalue weighted by Gasteiger charge is 2.30. The summed E-state index contributed by atoms with van der Waals surface area (Å²) < 4.78 is 11.4. The lowest BCUT2D eigenvalue weighted by molar-refractivity contribution is 0.177. The minimum Gasteiger partial charge on any atom is -0.383 e. The fourth-order valence-corrected chi connectivity index (χ4v) is 3.58. The van der Waals surface area contributed by atoms with E-state index in [0.717, 1.165) is 19.8 Å². The molecule has 0 atom stereocenters. The van der Waals surface area contributed by atoms with E-state index >= 15 is 0 Å². The van der Waals surface area contributed by atoms with Gasteiger partial charge >= 0.3 is 8.72 Å². The molecule has 0 amide bonds. The third-order valence-electron chi connectivity index (χ3n) is 2.32. The van der Waals surface area contributed by atoms with Crippen LogP contribution in [0, 0.1) is 0 Å². The van der Waals surface area contributed by atoms with Crippen molar-refractivity contribution in [1.82, 2.24) is 4.98 Å². The second-order valence-corrected chi connectivity index (χ2v) is 6.62. The molecule has 0 aliphatic rings. The Morgan fingerprint density at radius 2 is 1.53 bits per heavy atom. The summed E-state index contributed by atoms with van der Waals surface area (Å²) in [4.78, 5) is 3.45. The summed E-state index contributed by atoms with van der Waals surface area (Å²) in [6.07, 6.45) is 5.12. The van der Waals surface area contributed by atoms with E-state index in [-0.39, 0.29) is 0 Å². The molecule has 92 valence electrons. The van der Waals surface area contributed by atoms with E-state index in [1.165, 1.54) is 25.7 Å². The van der Waals surface area contributed by atoms with Gasteiger partial charge in [0.25, 0.3) is 0 Å². The van der Waals surface area contributed by atoms with Crippen molar-refractivity contribution in [2.24, 2.45) is 0 Å². The summed E-state index contributed by atoms with van der Waals surface area (Å²) in [6.45, 7) is 10.8. The van der Waals surface area contributed by atoms with Gasteiger partial charge in [-0.05, 0) is 33.4 Å². The molecule has 3 nitrogen and oxygen atoms in total. The van der Waals surface area contributed by atoms with Crippen LogP contribution in [0.15, 0.2) is 0 Å². The van der Waals surface area contributed by atoms with Crippen LogP contribution < -0.4 is 4.98 Å². The molecule has 0 unspecified atom stereocenters. The Balaban J connectivity index is 3.65. The zero-order valence-electron chi connectivity index (χ0n) is 10.8. The Morgan fingerprint density at radius 1 is 0.933 bits per heavy atom. The summed E-state index contributed by atoms with van der Waals surface area (Å²) in [5.74, 6) is 0. The number of unbranched alkanes of at least 4 members (excludes halogenated alkanes) is 3. The van der Waals surface area contributed by atoms with E-state index in [4.69, 9.17) is 8.85 Å². The van der Waals surface area contributed by atoms with Crippen LogP contribution in [0.3, 0.4) is 0 Å². The van der Waals surface area contributed by atoms with Crippen molar-refractivity contribution in [2.45, 2.75) is 53.0 Å². The van der Waals surface area contributed by atoms with Crippen LogP contribution >= 0.6 is 0 Å². The minimum absolute atomic E-state index is 0.727. The Bertz CT molecular complexity index is 139. The van der Waals surface area contributed by atoms with Crippen LogP contribution in [0.25, 0.3) is 0 Å². The smallest absolute Gasteiger partial charge is 0.383 e. The van der Waals surface area contributed by atoms with Gasteiger partial charge in [-0.2, -0.15) is 0 Å². The van der Waals surface area contributed by atoms with Crippen molar-refractivity contribution < 1.29 is 8.85 Å². The maximum atomic E-state index is 5.68. The zero-order valence-corrected chi connectivity index (χ0v) is 11.8. The van der Waals surface area contributed by atoms with Gasteiger partial charge in [-0.1, -0.05) is 26.2 Å². The third kappa shape index (κ3) is 7.96. The fraction of sp³-hybridized carbons (Fsp3) is 1.00. The molecule has 0 heterocycles. The molecule has 0 aliphatic carbocycles. The summed E-state index contributed by atoms with van der Waals surface area (Å²) in [5, 5.41) is 0. The normalized spacial score (nSPS) is 12.0. The van der Waals surface area contributed by atoms with Crippen LogP contribution in [0.2, 0.25) is 6.55 Å². The molecule has 0 saturated carbocycles. The summed E-state index contributed by atoms with van der Waals surface area (Å²) in [5.41, 5.74) is 0. The highest BCUT2D eigenvalue weighted by molar-refractivity contribution is 6.63. The highest BCUT2D eigenvalue weighted by atomic mass is 28.4. The molecule has 0 saturated heterocycles. The van der Waals surface area contributed by atoms with Gasteiger partial charge in [0.15, 0.2) is 0 Å². The van der Waals surface area contributed by atoms with Crippen LogP contribution in [-0.2, 0) is 8.85 Å². The van der Waals surface area contributed by atoms with E-state index in [1.807, 2.05) is 13.8 Å². The molecule has 0 aromatic carbocycles. The molecule has 0 bridgehead atoms.